The van der Waals surface area contributed by atoms with Gasteiger partial charge in [0.25, 0.3) is 5.91 Å². The van der Waals surface area contributed by atoms with Crippen LogP contribution in [0.15, 0.2) is 47.2 Å². The van der Waals surface area contributed by atoms with Gasteiger partial charge < -0.3 is 25.1 Å². The van der Waals surface area contributed by atoms with Crippen molar-refractivity contribution in [2.75, 3.05) is 42.3 Å². The molecule has 158 valence electrons. The number of oxazole rings is 1. The Hall–Kier alpha value is -3.92. The Kier molecular flexibility index (Phi) is 4.75. The topological polar surface area (TPSA) is 124 Å². The molecule has 1 aromatic carbocycles. The number of anilines is 3. The second kappa shape index (κ2) is 7.73. The summed E-state index contributed by atoms with van der Waals surface area (Å²) in [4.78, 5) is 23.6. The summed E-state index contributed by atoms with van der Waals surface area (Å²) in [6, 6.07) is 9.05. The average molecular weight is 419 g/mol. The van der Waals surface area contributed by atoms with Crippen molar-refractivity contribution in [3.8, 4) is 11.6 Å². The van der Waals surface area contributed by atoms with Crippen LogP contribution in [0.4, 0.5) is 17.2 Å². The smallest absolute Gasteiger partial charge is 0.277 e. The summed E-state index contributed by atoms with van der Waals surface area (Å²) in [7, 11) is 1.87. The van der Waals surface area contributed by atoms with Gasteiger partial charge in [0.2, 0.25) is 5.89 Å². The van der Waals surface area contributed by atoms with Crippen molar-refractivity contribution < 1.29 is 13.9 Å². The van der Waals surface area contributed by atoms with Crippen LogP contribution in [0.1, 0.15) is 10.5 Å². The number of morpholine rings is 1. The Morgan fingerprint density at radius 1 is 1.19 bits per heavy atom. The molecular weight excluding hydrogens is 398 g/mol. The number of hydrogen-bond acceptors (Lipinski definition) is 8. The SMILES string of the molecule is Cn1cc2cc(NC(=O)c3coc(-c4cccc(N)n4)n3)c(N3CCOCC3)cc2n1. The number of rotatable bonds is 4. The van der Waals surface area contributed by atoms with Crippen molar-refractivity contribution >= 4 is 34.0 Å². The monoisotopic (exact) mass is 419 g/mol. The van der Waals surface area contributed by atoms with Gasteiger partial charge in [-0.1, -0.05) is 6.07 Å². The maximum absolute atomic E-state index is 13.0. The molecule has 0 saturated carbocycles. The van der Waals surface area contributed by atoms with Crippen molar-refractivity contribution in [2.45, 2.75) is 0 Å². The molecule has 0 bridgehead atoms. The number of nitrogens with two attached hydrogens (primary N) is 1. The minimum absolute atomic E-state index is 0.151. The van der Waals surface area contributed by atoms with Gasteiger partial charge >= 0.3 is 0 Å². The zero-order valence-corrected chi connectivity index (χ0v) is 16.9. The molecule has 10 heteroatoms. The van der Waals surface area contributed by atoms with Gasteiger partial charge in [0.1, 0.15) is 17.8 Å². The van der Waals surface area contributed by atoms with Gasteiger partial charge in [-0.15, -0.1) is 0 Å². The minimum atomic E-state index is -0.378. The Morgan fingerprint density at radius 3 is 2.84 bits per heavy atom. The highest BCUT2D eigenvalue weighted by molar-refractivity contribution is 6.06. The Balaban J connectivity index is 1.46. The number of amides is 1. The second-order valence-corrected chi connectivity index (χ2v) is 7.27. The quantitative estimate of drug-likeness (QED) is 0.516. The van der Waals surface area contributed by atoms with Gasteiger partial charge in [-0.2, -0.15) is 5.10 Å². The molecule has 0 atom stereocenters. The van der Waals surface area contributed by atoms with Gasteiger partial charge in [0, 0.05) is 31.7 Å². The molecule has 3 N–H and O–H groups in total. The third-order valence-corrected chi connectivity index (χ3v) is 5.06. The first kappa shape index (κ1) is 19.1. The van der Waals surface area contributed by atoms with E-state index < -0.39 is 0 Å². The first-order valence-corrected chi connectivity index (χ1v) is 9.87. The van der Waals surface area contributed by atoms with E-state index in [1.54, 1.807) is 22.9 Å². The summed E-state index contributed by atoms with van der Waals surface area (Å²) in [5, 5.41) is 8.40. The summed E-state index contributed by atoms with van der Waals surface area (Å²) < 4.78 is 12.7. The number of nitrogens with zero attached hydrogens (tertiary/aromatic N) is 5. The number of ether oxygens (including phenoxy) is 1. The van der Waals surface area contributed by atoms with E-state index in [1.807, 2.05) is 25.4 Å². The average Bonchev–Trinajstić information content (AvgIpc) is 3.40. The van der Waals surface area contributed by atoms with E-state index >= 15 is 0 Å². The fraction of sp³-hybridized carbons (Fsp3) is 0.238. The number of nitrogen functional groups attached to an aromatic ring is 1. The maximum atomic E-state index is 13.0. The molecule has 31 heavy (non-hydrogen) atoms. The highest BCUT2D eigenvalue weighted by atomic mass is 16.5. The van der Waals surface area contributed by atoms with Crippen LogP contribution >= 0.6 is 0 Å². The van der Waals surface area contributed by atoms with E-state index in [-0.39, 0.29) is 17.5 Å². The molecule has 4 heterocycles. The highest BCUT2D eigenvalue weighted by Crippen LogP contribution is 2.32. The molecule has 0 aliphatic carbocycles. The lowest BCUT2D eigenvalue weighted by Crippen LogP contribution is -2.36. The molecule has 0 spiro atoms. The van der Waals surface area contributed by atoms with E-state index in [2.05, 4.69) is 25.3 Å². The zero-order valence-electron chi connectivity index (χ0n) is 16.9. The van der Waals surface area contributed by atoms with E-state index in [1.165, 1.54) is 6.26 Å². The molecule has 1 aliphatic rings. The van der Waals surface area contributed by atoms with Crippen LogP contribution in [0.3, 0.4) is 0 Å². The molecule has 5 rings (SSSR count). The Morgan fingerprint density at radius 2 is 2.03 bits per heavy atom. The molecule has 0 radical (unpaired) electrons. The van der Waals surface area contributed by atoms with Gasteiger partial charge in [0.05, 0.1) is 30.1 Å². The molecule has 1 amide bonds. The Bertz CT molecular complexity index is 1260. The number of benzene rings is 1. The standard InChI is InChI=1S/C21H21N7O3/c1-27-11-13-9-16(18(10-15(13)26-27)28-5-7-30-8-6-28)24-20(29)17-12-31-21(25-17)14-3-2-4-19(22)23-14/h2-4,9-12H,5-8H2,1H3,(H2,22,23)(H,24,29). The van der Waals surface area contributed by atoms with Crippen molar-refractivity contribution in [2.24, 2.45) is 7.05 Å². The van der Waals surface area contributed by atoms with Crippen molar-refractivity contribution in [3.63, 3.8) is 0 Å². The molecular formula is C21H21N7O3. The number of nitrogens with one attached hydrogen (secondary N) is 1. The molecule has 4 aromatic rings. The zero-order chi connectivity index (χ0) is 21.4. The third-order valence-electron chi connectivity index (χ3n) is 5.06. The van der Waals surface area contributed by atoms with Crippen LogP contribution in [0.5, 0.6) is 0 Å². The number of aryl methyl sites for hydroxylation is 1. The number of fused-ring (bicyclic) bond motifs is 1. The van der Waals surface area contributed by atoms with E-state index in [9.17, 15) is 4.79 Å². The largest absolute Gasteiger partial charge is 0.442 e. The number of carbonyl (C=O) groups is 1. The van der Waals surface area contributed by atoms with E-state index in [0.717, 1.165) is 29.7 Å². The number of pyridine rings is 1. The van der Waals surface area contributed by atoms with Gasteiger partial charge in [-0.05, 0) is 24.3 Å². The van der Waals surface area contributed by atoms with Crippen LogP contribution in [0.25, 0.3) is 22.5 Å². The van der Waals surface area contributed by atoms with Crippen molar-refractivity contribution in [1.29, 1.82) is 0 Å². The fourth-order valence-electron chi connectivity index (χ4n) is 3.60. The van der Waals surface area contributed by atoms with Gasteiger partial charge in [0.15, 0.2) is 5.69 Å². The maximum Gasteiger partial charge on any atom is 0.277 e. The predicted octanol–water partition coefficient (Wildman–Crippen LogP) is 2.29. The first-order valence-electron chi connectivity index (χ1n) is 9.87. The molecule has 3 aromatic heterocycles. The fourth-order valence-corrected chi connectivity index (χ4v) is 3.60. The lowest BCUT2D eigenvalue weighted by atomic mass is 10.1. The first-order chi connectivity index (χ1) is 15.1. The molecule has 0 unspecified atom stereocenters. The Labute approximate surface area is 177 Å². The lowest BCUT2D eigenvalue weighted by molar-refractivity contribution is 0.102. The highest BCUT2D eigenvalue weighted by Gasteiger charge is 2.20. The summed E-state index contributed by atoms with van der Waals surface area (Å²) in [6.07, 6.45) is 3.22. The number of hydrogen-bond donors (Lipinski definition) is 2. The van der Waals surface area contributed by atoms with Gasteiger partial charge in [-0.25, -0.2) is 9.97 Å². The lowest BCUT2D eigenvalue weighted by Gasteiger charge is -2.30. The predicted molar refractivity (Wildman–Crippen MR) is 116 cm³/mol. The van der Waals surface area contributed by atoms with E-state index in [0.29, 0.717) is 30.4 Å². The third kappa shape index (κ3) is 3.80. The summed E-state index contributed by atoms with van der Waals surface area (Å²) in [6.45, 7) is 2.73. The summed E-state index contributed by atoms with van der Waals surface area (Å²) >= 11 is 0. The number of carbonyl (C=O) groups excluding carboxylic acids is 1. The number of aromatic nitrogens is 4. The van der Waals surface area contributed by atoms with E-state index in [4.69, 9.17) is 14.9 Å². The molecule has 10 nitrogen and oxygen atoms in total. The second-order valence-electron chi connectivity index (χ2n) is 7.27. The molecule has 1 fully saturated rings. The van der Waals surface area contributed by atoms with Crippen molar-refractivity contribution in [3.05, 3.63) is 48.5 Å². The van der Waals surface area contributed by atoms with Crippen LogP contribution < -0.4 is 16.0 Å². The molecule has 1 saturated heterocycles. The van der Waals surface area contributed by atoms with Crippen LogP contribution in [-0.2, 0) is 11.8 Å². The summed E-state index contributed by atoms with van der Waals surface area (Å²) in [5.74, 6) is 0.201. The van der Waals surface area contributed by atoms with Crippen LogP contribution in [0, 0.1) is 0 Å². The van der Waals surface area contributed by atoms with Gasteiger partial charge in [-0.3, -0.25) is 9.48 Å². The normalized spacial score (nSPS) is 14.2. The van der Waals surface area contributed by atoms with Crippen LogP contribution in [0.2, 0.25) is 0 Å². The van der Waals surface area contributed by atoms with Crippen molar-refractivity contribution in [1.82, 2.24) is 19.7 Å². The minimum Gasteiger partial charge on any atom is -0.442 e. The summed E-state index contributed by atoms with van der Waals surface area (Å²) in [5.41, 5.74) is 8.77. The van der Waals surface area contributed by atoms with Crippen LogP contribution in [-0.4, -0.2) is 52.0 Å². The molecule has 1 aliphatic heterocycles.